The van der Waals surface area contributed by atoms with Gasteiger partial charge in [0.2, 0.25) is 0 Å². The number of benzene rings is 2. The van der Waals surface area contributed by atoms with Crippen LogP contribution in [0.4, 0.5) is 11.4 Å². The van der Waals surface area contributed by atoms with Gasteiger partial charge in [-0.05, 0) is 43.7 Å². The van der Waals surface area contributed by atoms with Crippen molar-refractivity contribution < 1.29 is 0 Å². The summed E-state index contributed by atoms with van der Waals surface area (Å²) in [6.07, 6.45) is 0.909. The van der Waals surface area contributed by atoms with Gasteiger partial charge in [-0.25, -0.2) is 0 Å². The molecule has 0 bridgehead atoms. The fraction of sp³-hybridized carbons (Fsp3) is 0.278. The molecule has 0 aliphatic carbocycles. The lowest BCUT2D eigenvalue weighted by molar-refractivity contribution is 0.806. The first-order valence-electron chi connectivity index (χ1n) is 7.72. The van der Waals surface area contributed by atoms with Crippen LogP contribution in [0.15, 0.2) is 41.5 Å². The minimum atomic E-state index is 0.576. The molecule has 128 valence electrons. The molecular formula is C18H20Cl3N3. The summed E-state index contributed by atoms with van der Waals surface area (Å²) in [6, 6.07) is 11.1. The Morgan fingerprint density at radius 2 is 1.79 bits per heavy atom. The molecule has 24 heavy (non-hydrogen) atoms. The smallest absolute Gasteiger partial charge is 0.0966 e. The second kappa shape index (κ2) is 8.61. The van der Waals surface area contributed by atoms with Gasteiger partial charge in [0, 0.05) is 29.9 Å². The Labute approximate surface area is 158 Å². The van der Waals surface area contributed by atoms with E-state index in [4.69, 9.17) is 39.9 Å². The van der Waals surface area contributed by atoms with Crippen LogP contribution in [-0.2, 0) is 0 Å². The third-order valence-corrected chi connectivity index (χ3v) is 4.39. The normalized spacial score (nSPS) is 11.5. The molecular weight excluding hydrogens is 365 g/mol. The van der Waals surface area contributed by atoms with Crippen molar-refractivity contribution in [2.75, 3.05) is 23.9 Å². The number of hydrogen-bond donors (Lipinski definition) is 1. The van der Waals surface area contributed by atoms with Gasteiger partial charge in [0.1, 0.15) is 0 Å². The Balaban J connectivity index is 2.50. The Morgan fingerprint density at radius 3 is 2.38 bits per heavy atom. The number of halogens is 3. The molecule has 6 heteroatoms. The predicted molar refractivity (Wildman–Crippen MR) is 107 cm³/mol. The van der Waals surface area contributed by atoms with Gasteiger partial charge < -0.3 is 5.32 Å². The third kappa shape index (κ3) is 4.35. The van der Waals surface area contributed by atoms with E-state index in [0.717, 1.165) is 29.1 Å². The highest BCUT2D eigenvalue weighted by Gasteiger charge is 2.15. The molecule has 1 N–H and O–H groups in total. The van der Waals surface area contributed by atoms with Crippen LogP contribution in [-0.4, -0.2) is 19.3 Å². The van der Waals surface area contributed by atoms with Crippen molar-refractivity contribution >= 4 is 51.9 Å². The van der Waals surface area contributed by atoms with Gasteiger partial charge in [0.05, 0.1) is 21.4 Å². The molecule has 0 unspecified atom stereocenters. The lowest BCUT2D eigenvalue weighted by Crippen LogP contribution is -2.20. The summed E-state index contributed by atoms with van der Waals surface area (Å²) in [5.41, 5.74) is 3.44. The van der Waals surface area contributed by atoms with E-state index in [9.17, 15) is 0 Å². The highest BCUT2D eigenvalue weighted by molar-refractivity contribution is 6.39. The van der Waals surface area contributed by atoms with Gasteiger partial charge >= 0.3 is 0 Å². The van der Waals surface area contributed by atoms with Crippen molar-refractivity contribution in [3.8, 4) is 0 Å². The van der Waals surface area contributed by atoms with Gasteiger partial charge in [0.15, 0.2) is 0 Å². The fourth-order valence-corrected chi connectivity index (χ4v) is 3.19. The van der Waals surface area contributed by atoms with Crippen molar-refractivity contribution in [3.05, 3.63) is 57.0 Å². The number of para-hydroxylation sites is 1. The first-order chi connectivity index (χ1) is 11.5. The Kier molecular flexibility index (Phi) is 6.79. The van der Waals surface area contributed by atoms with Crippen LogP contribution in [0.5, 0.6) is 0 Å². The highest BCUT2D eigenvalue weighted by Crippen LogP contribution is 2.34. The molecule has 0 saturated heterocycles. The van der Waals surface area contributed by atoms with Crippen LogP contribution in [0.25, 0.3) is 0 Å². The van der Waals surface area contributed by atoms with E-state index in [1.807, 2.05) is 55.4 Å². The summed E-state index contributed by atoms with van der Waals surface area (Å²) in [5, 5.41) is 11.6. The average Bonchev–Trinajstić information content (AvgIpc) is 2.54. The minimum absolute atomic E-state index is 0.576. The monoisotopic (exact) mass is 383 g/mol. The first kappa shape index (κ1) is 18.9. The second-order valence-corrected chi connectivity index (χ2v) is 6.57. The number of rotatable bonds is 6. The largest absolute Gasteiger partial charge is 0.388 e. The van der Waals surface area contributed by atoms with E-state index < -0.39 is 0 Å². The molecule has 0 aliphatic rings. The van der Waals surface area contributed by atoms with Crippen molar-refractivity contribution in [1.82, 2.24) is 0 Å². The molecule has 0 aliphatic heterocycles. The van der Waals surface area contributed by atoms with Gasteiger partial charge in [0.25, 0.3) is 0 Å². The second-order valence-electron chi connectivity index (χ2n) is 5.32. The molecule has 0 atom stereocenters. The predicted octanol–water partition coefficient (Wildman–Crippen LogP) is 6.33. The Hall–Kier alpha value is -1.42. The molecule has 0 fully saturated rings. The quantitative estimate of drug-likeness (QED) is 0.465. The standard InChI is InChI=1S/C18H20Cl3N3/c1-4-10-24(18-15(20)6-5-7-16(18)21)23-12(2)14-11-13(19)8-9-17(14)22-3/h5-9,11,22H,4,10H2,1-3H3/b23-12+. The summed E-state index contributed by atoms with van der Waals surface area (Å²) in [6.45, 7) is 4.73. The third-order valence-electron chi connectivity index (χ3n) is 3.54. The van der Waals surface area contributed by atoms with Gasteiger partial charge in [-0.1, -0.05) is 47.8 Å². The van der Waals surface area contributed by atoms with Gasteiger partial charge in [-0.3, -0.25) is 5.01 Å². The molecule has 2 aromatic rings. The molecule has 2 rings (SSSR count). The van der Waals surface area contributed by atoms with Crippen LogP contribution < -0.4 is 10.3 Å². The zero-order valence-corrected chi connectivity index (χ0v) is 16.2. The maximum Gasteiger partial charge on any atom is 0.0966 e. The van der Waals surface area contributed by atoms with E-state index in [1.165, 1.54) is 0 Å². The summed E-state index contributed by atoms with van der Waals surface area (Å²) in [7, 11) is 1.87. The van der Waals surface area contributed by atoms with Crippen LogP contribution >= 0.6 is 34.8 Å². The Morgan fingerprint density at radius 1 is 1.12 bits per heavy atom. The van der Waals surface area contributed by atoms with Crippen molar-refractivity contribution in [2.24, 2.45) is 5.10 Å². The number of anilines is 2. The van der Waals surface area contributed by atoms with E-state index in [0.29, 0.717) is 21.6 Å². The fourth-order valence-electron chi connectivity index (χ4n) is 2.43. The SMILES string of the molecule is CCCN(/N=C(\C)c1cc(Cl)ccc1NC)c1c(Cl)cccc1Cl. The molecule has 0 amide bonds. The summed E-state index contributed by atoms with van der Waals surface area (Å²) in [4.78, 5) is 0. The topological polar surface area (TPSA) is 27.6 Å². The van der Waals surface area contributed by atoms with Crippen LogP contribution in [0.1, 0.15) is 25.8 Å². The van der Waals surface area contributed by atoms with Crippen LogP contribution in [0, 0.1) is 0 Å². The Bertz CT molecular complexity index is 724. The first-order valence-corrected chi connectivity index (χ1v) is 8.85. The molecule has 0 heterocycles. The van der Waals surface area contributed by atoms with Crippen molar-refractivity contribution in [1.29, 1.82) is 0 Å². The highest BCUT2D eigenvalue weighted by atomic mass is 35.5. The molecule has 0 aromatic heterocycles. The van der Waals surface area contributed by atoms with E-state index >= 15 is 0 Å². The van der Waals surface area contributed by atoms with Crippen LogP contribution in [0.2, 0.25) is 15.1 Å². The zero-order valence-electron chi connectivity index (χ0n) is 13.9. The number of hydrazone groups is 1. The van der Waals surface area contributed by atoms with E-state index in [2.05, 4.69) is 12.2 Å². The minimum Gasteiger partial charge on any atom is -0.388 e. The molecule has 3 nitrogen and oxygen atoms in total. The maximum atomic E-state index is 6.34. The summed E-state index contributed by atoms with van der Waals surface area (Å²) >= 11 is 18.8. The molecule has 0 saturated carbocycles. The molecule has 0 spiro atoms. The van der Waals surface area contributed by atoms with E-state index in [-0.39, 0.29) is 0 Å². The number of hydrogen-bond acceptors (Lipinski definition) is 3. The zero-order chi connectivity index (χ0) is 17.7. The number of nitrogens with zero attached hydrogens (tertiary/aromatic N) is 2. The molecule has 2 aromatic carbocycles. The van der Waals surface area contributed by atoms with Crippen LogP contribution in [0.3, 0.4) is 0 Å². The summed E-state index contributed by atoms with van der Waals surface area (Å²) < 4.78 is 0. The van der Waals surface area contributed by atoms with Crippen molar-refractivity contribution in [2.45, 2.75) is 20.3 Å². The molecule has 0 radical (unpaired) electrons. The van der Waals surface area contributed by atoms with Gasteiger partial charge in [-0.2, -0.15) is 5.10 Å². The summed E-state index contributed by atoms with van der Waals surface area (Å²) in [5.74, 6) is 0. The number of nitrogens with one attached hydrogen (secondary N) is 1. The van der Waals surface area contributed by atoms with Crippen molar-refractivity contribution in [3.63, 3.8) is 0 Å². The lowest BCUT2D eigenvalue weighted by Gasteiger charge is -2.22. The maximum absolute atomic E-state index is 6.34. The van der Waals surface area contributed by atoms with Gasteiger partial charge in [-0.15, -0.1) is 0 Å². The van der Waals surface area contributed by atoms with E-state index in [1.54, 1.807) is 0 Å². The average molecular weight is 385 g/mol. The lowest BCUT2D eigenvalue weighted by atomic mass is 10.1.